The van der Waals surface area contributed by atoms with Crippen LogP contribution in [0.4, 0.5) is 4.39 Å². The van der Waals surface area contributed by atoms with Crippen molar-refractivity contribution in [3.8, 4) is 18.0 Å². The lowest BCUT2D eigenvalue weighted by atomic mass is 10.3. The van der Waals surface area contributed by atoms with Crippen molar-refractivity contribution in [3.63, 3.8) is 0 Å². The van der Waals surface area contributed by atoms with Crippen LogP contribution in [-0.4, -0.2) is 20.3 Å². The van der Waals surface area contributed by atoms with Gasteiger partial charge in [-0.3, -0.25) is 0 Å². The summed E-state index contributed by atoms with van der Waals surface area (Å²) in [5.74, 6) is 2.09. The van der Waals surface area contributed by atoms with Gasteiger partial charge in [-0.25, -0.2) is 9.07 Å². The number of alkyl halides is 2. The molecule has 0 bridgehead atoms. The van der Waals surface area contributed by atoms with Gasteiger partial charge in [0.2, 0.25) is 0 Å². The molecule has 0 saturated carbocycles. The average molecular weight is 375 g/mol. The number of nitrogens with zero attached hydrogens (tertiary/aromatic N) is 3. The fourth-order valence-electron chi connectivity index (χ4n) is 1.08. The molecule has 6 heteroatoms. The van der Waals surface area contributed by atoms with Gasteiger partial charge in [0.25, 0.3) is 0 Å². The normalized spacial score (nSPS) is 9.22. The predicted molar refractivity (Wildman–Crippen MR) is 76.6 cm³/mol. The predicted octanol–water partition coefficient (Wildman–Crippen LogP) is 3.32. The number of terminal acetylenes is 1. The first-order valence-electron chi connectivity index (χ1n) is 4.93. The topological polar surface area (TPSA) is 30.7 Å². The molecule has 0 unspecified atom stereocenters. The molecule has 3 nitrogen and oxygen atoms in total. The lowest BCUT2D eigenvalue weighted by Gasteiger charge is -1.97. The third kappa shape index (κ3) is 4.59. The van der Waals surface area contributed by atoms with E-state index in [-0.39, 0.29) is 5.82 Å². The van der Waals surface area contributed by atoms with E-state index < -0.39 is 0 Å². The van der Waals surface area contributed by atoms with Crippen molar-refractivity contribution in [1.82, 2.24) is 15.0 Å². The number of hydrogen-bond acceptors (Lipinski definition) is 2. The van der Waals surface area contributed by atoms with Crippen molar-refractivity contribution in [2.75, 3.05) is 5.33 Å². The molecule has 0 aliphatic heterocycles. The van der Waals surface area contributed by atoms with Gasteiger partial charge < -0.3 is 0 Å². The number of benzene rings is 1. The number of hydrogen-bond donors (Lipinski definition) is 0. The Hall–Kier alpha value is -1.19. The smallest absolute Gasteiger partial charge is 0.123 e. The van der Waals surface area contributed by atoms with Gasteiger partial charge in [-0.2, -0.15) is 0 Å². The number of halogens is 3. The first kappa shape index (κ1) is 14.9. The first-order chi connectivity index (χ1) is 8.71. The van der Waals surface area contributed by atoms with Crippen LogP contribution in [-0.2, 0) is 5.33 Å². The summed E-state index contributed by atoms with van der Waals surface area (Å²) in [4.78, 5) is 0. The lowest BCUT2D eigenvalue weighted by Crippen LogP contribution is -1.94. The summed E-state index contributed by atoms with van der Waals surface area (Å²) in [6.45, 7) is 0. The molecule has 0 amide bonds. The molecular weight excluding hydrogens is 365 g/mol. The summed E-state index contributed by atoms with van der Waals surface area (Å²) >= 11 is 6.29. The van der Waals surface area contributed by atoms with Crippen LogP contribution in [0.5, 0.6) is 0 Å². The van der Waals surface area contributed by atoms with Crippen molar-refractivity contribution < 1.29 is 4.39 Å². The molecule has 0 fully saturated rings. The van der Waals surface area contributed by atoms with E-state index in [0.29, 0.717) is 10.7 Å². The molecule has 1 heterocycles. The van der Waals surface area contributed by atoms with Crippen LogP contribution in [0.15, 0.2) is 30.5 Å². The van der Waals surface area contributed by atoms with E-state index in [4.69, 9.17) is 6.42 Å². The SMILES string of the molecule is C#CCBr.Fc1ccc(-n2cc(CBr)nn2)cc1. The monoisotopic (exact) mass is 373 g/mol. The van der Waals surface area contributed by atoms with Crippen LogP contribution in [0, 0.1) is 18.2 Å². The maximum Gasteiger partial charge on any atom is 0.123 e. The Morgan fingerprint density at radius 2 is 1.89 bits per heavy atom. The largest absolute Gasteiger partial charge is 0.220 e. The Labute approximate surface area is 122 Å². The summed E-state index contributed by atoms with van der Waals surface area (Å²) in [7, 11) is 0. The summed E-state index contributed by atoms with van der Waals surface area (Å²) in [6, 6.07) is 6.10. The molecule has 0 saturated heterocycles. The fourth-order valence-corrected chi connectivity index (χ4v) is 1.34. The van der Waals surface area contributed by atoms with Gasteiger partial charge >= 0.3 is 0 Å². The van der Waals surface area contributed by atoms with E-state index >= 15 is 0 Å². The summed E-state index contributed by atoms with van der Waals surface area (Å²) in [6.07, 6.45) is 6.52. The van der Waals surface area contributed by atoms with Gasteiger partial charge in [0.15, 0.2) is 0 Å². The molecule has 2 aromatic rings. The Morgan fingerprint density at radius 3 is 2.33 bits per heavy atom. The van der Waals surface area contributed by atoms with E-state index in [9.17, 15) is 4.39 Å². The standard InChI is InChI=1S/C9H7BrFN3.C3H3Br/c10-5-8-6-14(13-12-8)9-3-1-7(11)2-4-9;1-2-3-4/h1-4,6H,5H2;1H,3H2. The van der Waals surface area contributed by atoms with Gasteiger partial charge in [0.1, 0.15) is 5.82 Å². The average Bonchev–Trinajstić information content (AvgIpc) is 2.89. The number of aromatic nitrogens is 3. The summed E-state index contributed by atoms with van der Waals surface area (Å²) in [5.41, 5.74) is 1.64. The molecule has 1 aromatic carbocycles. The van der Waals surface area contributed by atoms with Crippen molar-refractivity contribution in [2.45, 2.75) is 5.33 Å². The highest BCUT2D eigenvalue weighted by Gasteiger charge is 2.00. The highest BCUT2D eigenvalue weighted by Crippen LogP contribution is 2.09. The van der Waals surface area contributed by atoms with Gasteiger partial charge in [0.05, 0.1) is 22.9 Å². The molecule has 0 radical (unpaired) electrons. The molecular formula is C12H10Br2FN3. The fraction of sp³-hybridized carbons (Fsp3) is 0.167. The molecule has 0 spiro atoms. The quantitative estimate of drug-likeness (QED) is 0.596. The minimum atomic E-state index is -0.255. The van der Waals surface area contributed by atoms with Crippen LogP contribution in [0.3, 0.4) is 0 Å². The van der Waals surface area contributed by atoms with Crippen molar-refractivity contribution in [1.29, 1.82) is 0 Å². The lowest BCUT2D eigenvalue weighted by molar-refractivity contribution is 0.626. The Kier molecular flexibility index (Phi) is 6.61. The molecule has 94 valence electrons. The van der Waals surface area contributed by atoms with Crippen LogP contribution < -0.4 is 0 Å². The van der Waals surface area contributed by atoms with Gasteiger partial charge in [-0.1, -0.05) is 43.0 Å². The molecule has 0 N–H and O–H groups in total. The second-order valence-corrected chi connectivity index (χ2v) is 4.22. The third-order valence-electron chi connectivity index (χ3n) is 1.85. The third-order valence-corrected chi connectivity index (χ3v) is 2.74. The van der Waals surface area contributed by atoms with Crippen molar-refractivity contribution in [3.05, 3.63) is 42.0 Å². The Bertz CT molecular complexity index is 517. The van der Waals surface area contributed by atoms with Gasteiger partial charge in [-0.15, -0.1) is 11.5 Å². The van der Waals surface area contributed by atoms with E-state index in [0.717, 1.165) is 11.4 Å². The van der Waals surface area contributed by atoms with E-state index in [1.165, 1.54) is 12.1 Å². The van der Waals surface area contributed by atoms with E-state index in [1.807, 2.05) is 0 Å². The number of rotatable bonds is 2. The summed E-state index contributed by atoms with van der Waals surface area (Å²) in [5, 5.41) is 9.13. The highest BCUT2D eigenvalue weighted by molar-refractivity contribution is 9.09. The minimum Gasteiger partial charge on any atom is -0.220 e. The zero-order valence-corrected chi connectivity index (χ0v) is 12.5. The maximum absolute atomic E-state index is 12.6. The Balaban J connectivity index is 0.000000357. The second-order valence-electron chi connectivity index (χ2n) is 3.10. The van der Waals surface area contributed by atoms with Crippen LogP contribution in [0.2, 0.25) is 0 Å². The molecule has 0 atom stereocenters. The van der Waals surface area contributed by atoms with E-state index in [1.54, 1.807) is 23.0 Å². The van der Waals surface area contributed by atoms with Gasteiger partial charge in [-0.05, 0) is 24.3 Å². The zero-order chi connectivity index (χ0) is 13.4. The van der Waals surface area contributed by atoms with Crippen LogP contribution >= 0.6 is 31.9 Å². The molecule has 2 rings (SSSR count). The van der Waals surface area contributed by atoms with Gasteiger partial charge in [0, 0.05) is 5.33 Å². The van der Waals surface area contributed by atoms with Crippen LogP contribution in [0.25, 0.3) is 5.69 Å². The molecule has 1 aromatic heterocycles. The zero-order valence-electron chi connectivity index (χ0n) is 9.35. The van der Waals surface area contributed by atoms with Crippen molar-refractivity contribution >= 4 is 31.9 Å². The Morgan fingerprint density at radius 1 is 1.28 bits per heavy atom. The van der Waals surface area contributed by atoms with E-state index in [2.05, 4.69) is 48.1 Å². The summed E-state index contributed by atoms with van der Waals surface area (Å²) < 4.78 is 14.2. The van der Waals surface area contributed by atoms with Crippen molar-refractivity contribution in [2.24, 2.45) is 0 Å². The maximum atomic E-state index is 12.6. The molecule has 18 heavy (non-hydrogen) atoms. The molecule has 0 aliphatic carbocycles. The minimum absolute atomic E-state index is 0.255. The second kappa shape index (κ2) is 8.01. The highest BCUT2D eigenvalue weighted by atomic mass is 79.9. The first-order valence-corrected chi connectivity index (χ1v) is 7.18. The van der Waals surface area contributed by atoms with Crippen LogP contribution in [0.1, 0.15) is 5.69 Å². The molecule has 0 aliphatic rings.